The molecule has 1 heterocycles. The highest BCUT2D eigenvalue weighted by Crippen LogP contribution is 2.21. The summed E-state index contributed by atoms with van der Waals surface area (Å²) in [5.74, 6) is -1.39. The second-order valence-electron chi connectivity index (χ2n) is 4.97. The zero-order valence-electron chi connectivity index (χ0n) is 10.8. The van der Waals surface area contributed by atoms with E-state index in [1.54, 1.807) is 23.1 Å². The maximum absolute atomic E-state index is 12.2. The van der Waals surface area contributed by atoms with Crippen LogP contribution in [0.25, 0.3) is 0 Å². The van der Waals surface area contributed by atoms with Crippen molar-refractivity contribution in [1.29, 1.82) is 0 Å². The number of hydrogen-bond acceptors (Lipinski definition) is 2. The molecule has 108 valence electrons. The molecule has 0 bridgehead atoms. The molecule has 1 aromatic rings. The van der Waals surface area contributed by atoms with Crippen LogP contribution in [0.4, 0.5) is 0 Å². The van der Waals surface area contributed by atoms with Gasteiger partial charge in [-0.1, -0.05) is 23.2 Å². The molecule has 1 aliphatic rings. The first-order chi connectivity index (χ1) is 9.45. The van der Waals surface area contributed by atoms with Crippen molar-refractivity contribution in [3.05, 3.63) is 33.8 Å². The molecular weight excluding hydrogens is 301 g/mol. The summed E-state index contributed by atoms with van der Waals surface area (Å²) in [5, 5.41) is 10.0. The Morgan fingerprint density at radius 3 is 2.50 bits per heavy atom. The van der Waals surface area contributed by atoms with E-state index >= 15 is 0 Å². The van der Waals surface area contributed by atoms with Crippen LogP contribution in [0, 0.1) is 5.92 Å². The van der Waals surface area contributed by atoms with Gasteiger partial charge in [0.2, 0.25) is 5.91 Å². The first kappa shape index (κ1) is 15.1. The highest BCUT2D eigenvalue weighted by atomic mass is 35.5. The summed E-state index contributed by atoms with van der Waals surface area (Å²) in [5.41, 5.74) is 0.741. The van der Waals surface area contributed by atoms with Crippen LogP contribution in [0.1, 0.15) is 18.4 Å². The number of nitrogens with zero attached hydrogens (tertiary/aromatic N) is 1. The normalized spacial score (nSPS) is 18.9. The quantitative estimate of drug-likeness (QED) is 0.933. The van der Waals surface area contributed by atoms with Crippen LogP contribution in [0.3, 0.4) is 0 Å². The fourth-order valence-corrected chi connectivity index (χ4v) is 2.98. The second kappa shape index (κ2) is 6.46. The van der Waals surface area contributed by atoms with Crippen molar-refractivity contribution in [3.8, 4) is 0 Å². The number of aliphatic carboxylic acids is 1. The Morgan fingerprint density at radius 1 is 1.25 bits per heavy atom. The van der Waals surface area contributed by atoms with Gasteiger partial charge in [0.15, 0.2) is 0 Å². The standard InChI is InChI=1S/C14H15Cl2NO3/c15-11-4-9(5-12(16)7-11)6-13(18)17-3-1-2-10(8-17)14(19)20/h4-5,7,10H,1-3,6,8H2,(H,19,20). The molecule has 2 rings (SSSR count). The lowest BCUT2D eigenvalue weighted by Crippen LogP contribution is -2.42. The van der Waals surface area contributed by atoms with Crippen molar-refractivity contribution in [3.63, 3.8) is 0 Å². The molecule has 1 fully saturated rings. The molecule has 0 spiro atoms. The molecule has 1 unspecified atom stereocenters. The van der Waals surface area contributed by atoms with Gasteiger partial charge >= 0.3 is 5.97 Å². The number of benzene rings is 1. The molecule has 20 heavy (non-hydrogen) atoms. The summed E-state index contributed by atoms with van der Waals surface area (Å²) in [4.78, 5) is 24.8. The topological polar surface area (TPSA) is 57.6 Å². The zero-order valence-corrected chi connectivity index (χ0v) is 12.3. The van der Waals surface area contributed by atoms with Crippen molar-refractivity contribution >= 4 is 35.1 Å². The van der Waals surface area contributed by atoms with E-state index in [0.29, 0.717) is 23.0 Å². The third kappa shape index (κ3) is 3.87. The Kier molecular flexibility index (Phi) is 4.89. The summed E-state index contributed by atoms with van der Waals surface area (Å²) >= 11 is 11.8. The fourth-order valence-electron chi connectivity index (χ4n) is 2.40. The Bertz CT molecular complexity index is 513. The molecule has 1 saturated heterocycles. The first-order valence-corrected chi connectivity index (χ1v) is 7.17. The van der Waals surface area contributed by atoms with Crippen molar-refractivity contribution in [2.45, 2.75) is 19.3 Å². The van der Waals surface area contributed by atoms with Gasteiger partial charge in [-0.05, 0) is 36.6 Å². The van der Waals surface area contributed by atoms with Crippen LogP contribution in [0.15, 0.2) is 18.2 Å². The number of likely N-dealkylation sites (tertiary alicyclic amines) is 1. The minimum atomic E-state index is -0.840. The van der Waals surface area contributed by atoms with Crippen molar-refractivity contribution in [2.24, 2.45) is 5.92 Å². The summed E-state index contributed by atoms with van der Waals surface area (Å²) in [6.07, 6.45) is 1.54. The van der Waals surface area contributed by atoms with Gasteiger partial charge in [-0.3, -0.25) is 9.59 Å². The molecular formula is C14H15Cl2NO3. The number of piperidine rings is 1. The average Bonchev–Trinajstić information content (AvgIpc) is 2.37. The molecule has 0 aliphatic carbocycles. The number of rotatable bonds is 3. The van der Waals surface area contributed by atoms with E-state index in [1.807, 2.05) is 0 Å². The van der Waals surface area contributed by atoms with Gasteiger partial charge in [0.1, 0.15) is 0 Å². The second-order valence-corrected chi connectivity index (χ2v) is 5.84. The Hall–Kier alpha value is -1.26. The predicted octanol–water partition coefficient (Wildman–Crippen LogP) is 2.86. The number of carboxylic acid groups (broad SMARTS) is 1. The highest BCUT2D eigenvalue weighted by Gasteiger charge is 2.27. The molecule has 1 aromatic carbocycles. The van der Waals surface area contributed by atoms with Crippen LogP contribution in [0.5, 0.6) is 0 Å². The summed E-state index contributed by atoms with van der Waals surface area (Å²) < 4.78 is 0. The van der Waals surface area contributed by atoms with Gasteiger partial charge in [-0.2, -0.15) is 0 Å². The van der Waals surface area contributed by atoms with Crippen molar-refractivity contribution < 1.29 is 14.7 Å². The summed E-state index contributed by atoms with van der Waals surface area (Å²) in [7, 11) is 0. The lowest BCUT2D eigenvalue weighted by Gasteiger charge is -2.30. The van der Waals surface area contributed by atoms with Gasteiger partial charge in [0, 0.05) is 23.1 Å². The molecule has 1 amide bonds. The number of carboxylic acids is 1. The SMILES string of the molecule is O=C(O)C1CCCN(C(=O)Cc2cc(Cl)cc(Cl)c2)C1. The number of carbonyl (C=O) groups is 2. The van der Waals surface area contributed by atoms with Gasteiger partial charge < -0.3 is 10.0 Å². The largest absolute Gasteiger partial charge is 0.481 e. The number of hydrogen-bond donors (Lipinski definition) is 1. The molecule has 1 atom stereocenters. The Labute approximate surface area is 127 Å². The maximum atomic E-state index is 12.2. The first-order valence-electron chi connectivity index (χ1n) is 6.41. The van der Waals surface area contributed by atoms with Crippen LogP contribution < -0.4 is 0 Å². The van der Waals surface area contributed by atoms with E-state index < -0.39 is 11.9 Å². The fraction of sp³-hybridized carbons (Fsp3) is 0.429. The van der Waals surface area contributed by atoms with Crippen LogP contribution in [0.2, 0.25) is 10.0 Å². The van der Waals surface area contributed by atoms with Crippen LogP contribution >= 0.6 is 23.2 Å². The molecule has 1 N–H and O–H groups in total. The van der Waals surface area contributed by atoms with Crippen molar-refractivity contribution in [2.75, 3.05) is 13.1 Å². The molecule has 0 aromatic heterocycles. The predicted molar refractivity (Wildman–Crippen MR) is 77.1 cm³/mol. The molecule has 4 nitrogen and oxygen atoms in total. The number of halogens is 2. The van der Waals surface area contributed by atoms with E-state index in [-0.39, 0.29) is 18.9 Å². The van der Waals surface area contributed by atoms with Gasteiger partial charge in [-0.25, -0.2) is 0 Å². The third-order valence-corrected chi connectivity index (χ3v) is 3.84. The highest BCUT2D eigenvalue weighted by molar-refractivity contribution is 6.34. The lowest BCUT2D eigenvalue weighted by atomic mass is 9.97. The van der Waals surface area contributed by atoms with Crippen LogP contribution in [-0.2, 0) is 16.0 Å². The molecule has 1 aliphatic heterocycles. The van der Waals surface area contributed by atoms with Gasteiger partial charge in [0.25, 0.3) is 0 Å². The van der Waals surface area contributed by atoms with Gasteiger partial charge in [-0.15, -0.1) is 0 Å². The minimum absolute atomic E-state index is 0.0886. The monoisotopic (exact) mass is 315 g/mol. The average molecular weight is 316 g/mol. The van der Waals surface area contributed by atoms with E-state index in [2.05, 4.69) is 0 Å². The molecule has 0 radical (unpaired) electrons. The minimum Gasteiger partial charge on any atom is -0.481 e. The third-order valence-electron chi connectivity index (χ3n) is 3.40. The smallest absolute Gasteiger partial charge is 0.308 e. The van der Waals surface area contributed by atoms with E-state index in [0.717, 1.165) is 12.0 Å². The molecule has 0 saturated carbocycles. The van der Waals surface area contributed by atoms with Gasteiger partial charge in [0.05, 0.1) is 12.3 Å². The lowest BCUT2D eigenvalue weighted by molar-refractivity contribution is -0.145. The number of carbonyl (C=O) groups excluding carboxylic acids is 1. The Balaban J connectivity index is 2.02. The van der Waals surface area contributed by atoms with E-state index in [1.165, 1.54) is 0 Å². The van der Waals surface area contributed by atoms with Crippen molar-refractivity contribution in [1.82, 2.24) is 4.90 Å². The Morgan fingerprint density at radius 2 is 1.90 bits per heavy atom. The summed E-state index contributed by atoms with van der Waals surface area (Å²) in [6.45, 7) is 0.888. The van der Waals surface area contributed by atoms with E-state index in [4.69, 9.17) is 28.3 Å². The summed E-state index contributed by atoms with van der Waals surface area (Å²) in [6, 6.07) is 5.01. The van der Waals surface area contributed by atoms with E-state index in [9.17, 15) is 9.59 Å². The maximum Gasteiger partial charge on any atom is 0.308 e. The van der Waals surface area contributed by atoms with Crippen LogP contribution in [-0.4, -0.2) is 35.0 Å². The molecule has 6 heteroatoms. The number of amides is 1. The zero-order chi connectivity index (χ0) is 14.7.